The normalized spacial score (nSPS) is 57.6. The van der Waals surface area contributed by atoms with Crippen molar-refractivity contribution in [2.45, 2.75) is 97.5 Å². The molecule has 0 saturated heterocycles. The standard InChI is InChI=1S/C26H38O3/c1-15(27)29-22-8-7-18-16-9-14-26-20-6-4-5-17(20)23(26)21(28)11-13-25(26,3)19(16)10-12-24(18,22)2/h16-20,22-23H,4-14H2,1-3H3/t16-,17?,18-,19-,20?,22-,23+,24-,25+,26+/m0/s1. The number of ketones is 1. The first-order valence-corrected chi connectivity index (χ1v) is 12.5. The van der Waals surface area contributed by atoms with Crippen molar-refractivity contribution in [2.24, 2.45) is 51.8 Å². The van der Waals surface area contributed by atoms with Crippen molar-refractivity contribution in [2.75, 3.05) is 0 Å². The molecule has 6 aliphatic carbocycles. The molecule has 6 saturated carbocycles. The minimum absolute atomic E-state index is 0.107. The van der Waals surface area contributed by atoms with Gasteiger partial charge in [0.1, 0.15) is 11.9 Å². The van der Waals surface area contributed by atoms with Gasteiger partial charge in [-0.1, -0.05) is 20.3 Å². The highest BCUT2D eigenvalue weighted by atomic mass is 16.5. The summed E-state index contributed by atoms with van der Waals surface area (Å²) in [4.78, 5) is 24.8. The second-order valence-electron chi connectivity index (χ2n) is 12.2. The maximum absolute atomic E-state index is 13.1. The number of esters is 1. The maximum atomic E-state index is 13.1. The van der Waals surface area contributed by atoms with E-state index in [4.69, 9.17) is 4.74 Å². The molecule has 0 heterocycles. The number of hydrogen-bond acceptors (Lipinski definition) is 3. The Bertz CT molecular complexity index is 759. The minimum Gasteiger partial charge on any atom is -0.462 e. The van der Waals surface area contributed by atoms with Crippen LogP contribution in [0.4, 0.5) is 0 Å². The summed E-state index contributed by atoms with van der Waals surface area (Å²) in [6.07, 6.45) is 13.6. The van der Waals surface area contributed by atoms with Crippen LogP contribution in [0.15, 0.2) is 0 Å². The molecule has 0 aromatic rings. The Morgan fingerprint density at radius 1 is 0.897 bits per heavy atom. The van der Waals surface area contributed by atoms with Crippen molar-refractivity contribution in [3.63, 3.8) is 0 Å². The molecule has 6 aliphatic rings. The van der Waals surface area contributed by atoms with Gasteiger partial charge < -0.3 is 4.74 Å². The molecule has 29 heavy (non-hydrogen) atoms. The second-order valence-corrected chi connectivity index (χ2v) is 12.2. The fraction of sp³-hybridized carbons (Fsp3) is 0.923. The van der Waals surface area contributed by atoms with Crippen LogP contribution in [0.25, 0.3) is 0 Å². The van der Waals surface area contributed by atoms with E-state index in [-0.39, 0.29) is 17.5 Å². The predicted octanol–water partition coefficient (Wildman–Crippen LogP) is 5.56. The van der Waals surface area contributed by atoms with Gasteiger partial charge in [0.25, 0.3) is 0 Å². The quantitative estimate of drug-likeness (QED) is 0.543. The molecule has 0 N–H and O–H groups in total. The lowest BCUT2D eigenvalue weighted by Gasteiger charge is -2.75. The summed E-state index contributed by atoms with van der Waals surface area (Å²) in [5.41, 5.74) is 0.875. The Labute approximate surface area is 175 Å². The minimum atomic E-state index is -0.107. The van der Waals surface area contributed by atoms with Crippen LogP contribution >= 0.6 is 0 Å². The summed E-state index contributed by atoms with van der Waals surface area (Å²) in [6.45, 7) is 6.62. The van der Waals surface area contributed by atoms with Crippen molar-refractivity contribution < 1.29 is 14.3 Å². The number of carbonyl (C=O) groups is 2. The third-order valence-electron chi connectivity index (χ3n) is 11.9. The number of rotatable bonds is 1. The lowest BCUT2D eigenvalue weighted by atomic mass is 9.28. The second kappa shape index (κ2) is 5.88. The van der Waals surface area contributed by atoms with Gasteiger partial charge in [-0.15, -0.1) is 0 Å². The molecule has 0 radical (unpaired) electrons. The van der Waals surface area contributed by atoms with Gasteiger partial charge in [0.05, 0.1) is 0 Å². The smallest absolute Gasteiger partial charge is 0.302 e. The highest BCUT2D eigenvalue weighted by molar-refractivity contribution is 5.85. The highest BCUT2D eigenvalue weighted by Gasteiger charge is 2.76. The highest BCUT2D eigenvalue weighted by Crippen LogP contribution is 2.80. The van der Waals surface area contributed by atoms with Gasteiger partial charge >= 0.3 is 5.97 Å². The van der Waals surface area contributed by atoms with Crippen LogP contribution in [-0.4, -0.2) is 17.9 Å². The molecule has 3 heteroatoms. The lowest BCUT2D eigenvalue weighted by Crippen LogP contribution is -2.72. The Morgan fingerprint density at radius 2 is 1.72 bits per heavy atom. The van der Waals surface area contributed by atoms with E-state index >= 15 is 0 Å². The van der Waals surface area contributed by atoms with Crippen LogP contribution in [0, 0.1) is 51.8 Å². The molecule has 160 valence electrons. The fourth-order valence-electron chi connectivity index (χ4n) is 11.0. The van der Waals surface area contributed by atoms with E-state index in [0.717, 1.165) is 42.9 Å². The average molecular weight is 399 g/mol. The van der Waals surface area contributed by atoms with Gasteiger partial charge in [-0.3, -0.25) is 9.59 Å². The zero-order valence-corrected chi connectivity index (χ0v) is 18.5. The van der Waals surface area contributed by atoms with Gasteiger partial charge in [0.2, 0.25) is 0 Å². The van der Waals surface area contributed by atoms with E-state index in [2.05, 4.69) is 13.8 Å². The summed E-state index contributed by atoms with van der Waals surface area (Å²) in [5.74, 6) is 4.75. The first-order chi connectivity index (χ1) is 13.8. The monoisotopic (exact) mass is 398 g/mol. The lowest BCUT2D eigenvalue weighted by molar-refractivity contribution is -0.266. The summed E-state index contributed by atoms with van der Waals surface area (Å²) < 4.78 is 5.83. The largest absolute Gasteiger partial charge is 0.462 e. The van der Waals surface area contributed by atoms with Crippen LogP contribution < -0.4 is 0 Å². The van der Waals surface area contributed by atoms with Gasteiger partial charge in [0.15, 0.2) is 0 Å². The van der Waals surface area contributed by atoms with E-state index < -0.39 is 0 Å². The third kappa shape index (κ3) is 2.07. The van der Waals surface area contributed by atoms with Crippen molar-refractivity contribution in [1.82, 2.24) is 0 Å². The zero-order chi connectivity index (χ0) is 20.2. The number of ether oxygens (including phenoxy) is 1. The molecular weight excluding hydrogens is 360 g/mol. The first-order valence-electron chi connectivity index (χ1n) is 12.5. The summed E-state index contributed by atoms with van der Waals surface area (Å²) in [5, 5.41) is 0. The molecule has 0 bridgehead atoms. The van der Waals surface area contributed by atoms with Crippen molar-refractivity contribution >= 4 is 11.8 Å². The van der Waals surface area contributed by atoms with E-state index in [1.165, 1.54) is 51.4 Å². The van der Waals surface area contributed by atoms with Crippen LogP contribution in [-0.2, 0) is 14.3 Å². The number of fused-ring (bicyclic) bond motifs is 6. The van der Waals surface area contributed by atoms with Crippen molar-refractivity contribution in [3.8, 4) is 0 Å². The molecular formula is C26H38O3. The summed E-state index contributed by atoms with van der Waals surface area (Å²) in [7, 11) is 0. The predicted molar refractivity (Wildman–Crippen MR) is 111 cm³/mol. The van der Waals surface area contributed by atoms with Gasteiger partial charge in [-0.25, -0.2) is 0 Å². The molecule has 2 unspecified atom stereocenters. The molecule has 6 fully saturated rings. The first kappa shape index (κ1) is 18.9. The molecule has 1 spiro atoms. The molecule has 3 nitrogen and oxygen atoms in total. The van der Waals surface area contributed by atoms with Crippen LogP contribution in [0.2, 0.25) is 0 Å². The fourth-order valence-corrected chi connectivity index (χ4v) is 11.0. The average Bonchev–Trinajstić information content (AvgIpc) is 3.22. The van der Waals surface area contributed by atoms with Crippen LogP contribution in [0.5, 0.6) is 0 Å². The molecule has 0 aromatic heterocycles. The van der Waals surface area contributed by atoms with Gasteiger partial charge in [0, 0.05) is 24.7 Å². The SMILES string of the molecule is CC(=O)O[C@H]1CC[C@H]2[C@@H]3CC[C@@]45C6CCCC6[C@@H]4C(=O)CC[C@]5(C)[C@H]3CC[C@]12C. The maximum Gasteiger partial charge on any atom is 0.302 e. The molecule has 0 aliphatic heterocycles. The molecule has 0 amide bonds. The number of Topliss-reactive ketones (excluding diaryl/α,β-unsaturated/α-hetero) is 1. The summed E-state index contributed by atoms with van der Waals surface area (Å²) in [6, 6.07) is 0. The van der Waals surface area contributed by atoms with Crippen LogP contribution in [0.3, 0.4) is 0 Å². The Balaban J connectivity index is 1.35. The van der Waals surface area contributed by atoms with Gasteiger partial charge in [-0.05, 0) is 98.2 Å². The van der Waals surface area contributed by atoms with E-state index in [9.17, 15) is 9.59 Å². The molecule has 6 rings (SSSR count). The Morgan fingerprint density at radius 3 is 2.52 bits per heavy atom. The molecule has 10 atom stereocenters. The van der Waals surface area contributed by atoms with E-state index in [1.807, 2.05) is 0 Å². The van der Waals surface area contributed by atoms with Crippen molar-refractivity contribution in [1.29, 1.82) is 0 Å². The third-order valence-corrected chi connectivity index (χ3v) is 11.9. The Hall–Kier alpha value is -0.860. The topological polar surface area (TPSA) is 43.4 Å². The number of carbonyl (C=O) groups excluding carboxylic acids is 2. The van der Waals surface area contributed by atoms with E-state index in [1.54, 1.807) is 6.92 Å². The summed E-state index contributed by atoms with van der Waals surface area (Å²) >= 11 is 0. The number of hydrogen-bond donors (Lipinski definition) is 0. The van der Waals surface area contributed by atoms with E-state index in [0.29, 0.717) is 28.4 Å². The van der Waals surface area contributed by atoms with Crippen molar-refractivity contribution in [3.05, 3.63) is 0 Å². The van der Waals surface area contributed by atoms with Gasteiger partial charge in [-0.2, -0.15) is 0 Å². The zero-order valence-electron chi connectivity index (χ0n) is 18.5. The van der Waals surface area contributed by atoms with Crippen LogP contribution in [0.1, 0.15) is 91.4 Å². The molecule has 0 aromatic carbocycles. The Kier molecular flexibility index (Phi) is 3.83.